The van der Waals surface area contributed by atoms with Crippen LogP contribution in [0.25, 0.3) is 33.7 Å². The maximum Gasteiger partial charge on any atom is 0.284 e. The quantitative estimate of drug-likeness (QED) is 0.342. The number of piperidine rings is 1. The Bertz CT molecular complexity index is 1790. The van der Waals surface area contributed by atoms with Crippen LogP contribution in [0.2, 0.25) is 0 Å². The summed E-state index contributed by atoms with van der Waals surface area (Å²) in [6.07, 6.45) is 3.94. The average Bonchev–Trinajstić information content (AvgIpc) is 3.40. The lowest BCUT2D eigenvalue weighted by atomic mass is 9.98. The number of nitrogens with zero attached hydrogens (tertiary/aromatic N) is 5. The molecule has 3 heterocycles. The van der Waals surface area contributed by atoms with Gasteiger partial charge in [-0.05, 0) is 59.9 Å². The van der Waals surface area contributed by atoms with Crippen LogP contribution in [0.1, 0.15) is 28.8 Å². The third kappa shape index (κ3) is 4.78. The Hall–Kier alpha value is -4.67. The molecule has 3 aromatic carbocycles. The van der Waals surface area contributed by atoms with E-state index in [9.17, 15) is 14.7 Å². The van der Waals surface area contributed by atoms with Gasteiger partial charge in [0.1, 0.15) is 18.5 Å². The molecular weight excluding hydrogens is 511 g/mol. The maximum absolute atomic E-state index is 15.6. The lowest BCUT2D eigenvalue weighted by Gasteiger charge is -2.30. The molecule has 0 radical (unpaired) electrons. The van der Waals surface area contributed by atoms with Crippen molar-refractivity contribution in [2.45, 2.75) is 25.5 Å². The van der Waals surface area contributed by atoms with Gasteiger partial charge < -0.3 is 10.8 Å². The predicted molar refractivity (Wildman–Crippen MR) is 149 cm³/mol. The highest BCUT2D eigenvalue weighted by atomic mass is 19.1. The predicted octanol–water partition coefficient (Wildman–Crippen LogP) is 3.43. The minimum atomic E-state index is -0.597. The fourth-order valence-electron chi connectivity index (χ4n) is 5.22. The molecule has 2 aromatic heterocycles. The summed E-state index contributed by atoms with van der Waals surface area (Å²) in [5, 5.41) is 9.83. The van der Waals surface area contributed by atoms with Crippen LogP contribution < -0.4 is 11.3 Å². The van der Waals surface area contributed by atoms with E-state index < -0.39 is 17.3 Å². The number of aliphatic hydroxyl groups excluding tert-OH is 1. The molecule has 0 spiro atoms. The number of benzene rings is 3. The molecule has 1 saturated heterocycles. The molecule has 1 fully saturated rings. The second kappa shape index (κ2) is 10.5. The highest BCUT2D eigenvalue weighted by molar-refractivity contribution is 5.93. The molecule has 10 heteroatoms. The molecule has 0 atom stereocenters. The number of carbonyl (C=O) groups excluding carboxylic acids is 1. The second-order valence-corrected chi connectivity index (χ2v) is 9.95. The zero-order valence-electron chi connectivity index (χ0n) is 21.6. The summed E-state index contributed by atoms with van der Waals surface area (Å²) < 4.78 is 18.3. The lowest BCUT2D eigenvalue weighted by molar-refractivity contribution is 0.0793. The Morgan fingerprint density at radius 1 is 0.975 bits per heavy atom. The number of nitrogens with two attached hydrogens (primary N) is 1. The Balaban J connectivity index is 1.36. The summed E-state index contributed by atoms with van der Waals surface area (Å²) in [7, 11) is 0. The summed E-state index contributed by atoms with van der Waals surface area (Å²) in [4.78, 5) is 36.0. The molecule has 0 aliphatic carbocycles. The van der Waals surface area contributed by atoms with E-state index >= 15 is 4.39 Å². The van der Waals surface area contributed by atoms with E-state index in [2.05, 4.69) is 14.9 Å². The minimum Gasteiger partial charge on any atom is -0.393 e. The SMILES string of the molecule is NC(=O)c1cccc(-n2cnc3ncn(-c4ccc(-c5ccccc5CN5CCC(O)CC5)cc4F)c(=O)c32)c1. The molecule has 1 amide bonds. The van der Waals surface area contributed by atoms with Gasteiger partial charge in [-0.2, -0.15) is 0 Å². The minimum absolute atomic E-state index is 0.0595. The van der Waals surface area contributed by atoms with E-state index in [1.54, 1.807) is 36.4 Å². The molecule has 0 bridgehead atoms. The number of amides is 1. The fraction of sp³-hybridized carbons (Fsp3) is 0.200. The normalized spacial score (nSPS) is 14.6. The van der Waals surface area contributed by atoms with Gasteiger partial charge >= 0.3 is 0 Å². The molecule has 5 aromatic rings. The number of halogens is 1. The van der Waals surface area contributed by atoms with Crippen molar-refractivity contribution < 1.29 is 14.3 Å². The number of imidazole rings is 1. The monoisotopic (exact) mass is 538 g/mol. The molecular formula is C30H27FN6O3. The number of hydrogen-bond acceptors (Lipinski definition) is 6. The zero-order chi connectivity index (χ0) is 27.8. The second-order valence-electron chi connectivity index (χ2n) is 9.95. The molecule has 0 unspecified atom stereocenters. The van der Waals surface area contributed by atoms with Gasteiger partial charge in [0.25, 0.3) is 5.56 Å². The molecule has 0 saturated carbocycles. The number of carbonyl (C=O) groups is 1. The number of fused-ring (bicyclic) bond motifs is 1. The zero-order valence-corrected chi connectivity index (χ0v) is 21.6. The van der Waals surface area contributed by atoms with Gasteiger partial charge in [-0.25, -0.2) is 14.4 Å². The smallest absolute Gasteiger partial charge is 0.284 e. The third-order valence-corrected chi connectivity index (χ3v) is 7.36. The first kappa shape index (κ1) is 25.6. The Labute approximate surface area is 229 Å². The van der Waals surface area contributed by atoms with Crippen molar-refractivity contribution in [1.82, 2.24) is 24.0 Å². The first-order valence-corrected chi connectivity index (χ1v) is 13.0. The van der Waals surface area contributed by atoms with Crippen molar-refractivity contribution >= 4 is 17.1 Å². The summed E-state index contributed by atoms with van der Waals surface area (Å²) in [6.45, 7) is 2.32. The summed E-state index contributed by atoms with van der Waals surface area (Å²) in [6, 6.07) is 19.2. The van der Waals surface area contributed by atoms with Crippen LogP contribution in [-0.2, 0) is 6.54 Å². The summed E-state index contributed by atoms with van der Waals surface area (Å²) in [5.41, 5.74) is 8.76. The van der Waals surface area contributed by atoms with Crippen molar-refractivity contribution in [3.63, 3.8) is 0 Å². The van der Waals surface area contributed by atoms with Crippen LogP contribution in [0.15, 0.2) is 84.2 Å². The first-order valence-electron chi connectivity index (χ1n) is 13.0. The number of aliphatic hydroxyl groups is 1. The van der Waals surface area contributed by atoms with Crippen molar-refractivity contribution in [1.29, 1.82) is 0 Å². The van der Waals surface area contributed by atoms with E-state index in [0.717, 1.165) is 41.6 Å². The number of primary amides is 1. The Morgan fingerprint density at radius 2 is 1.73 bits per heavy atom. The van der Waals surface area contributed by atoms with Crippen LogP contribution >= 0.6 is 0 Å². The van der Waals surface area contributed by atoms with Gasteiger partial charge in [-0.3, -0.25) is 23.6 Å². The standard InChI is InChI=1S/C30H27FN6O3/c31-25-15-19(24-7-2-1-4-21(24)16-35-12-10-23(38)11-13-35)8-9-26(25)37-18-34-29-27(30(37)40)36(17-33-29)22-6-3-5-20(14-22)28(32)39/h1-9,14-15,17-18,23,38H,10-13,16H2,(H2,32,39). The van der Waals surface area contributed by atoms with E-state index in [-0.39, 0.29) is 28.5 Å². The van der Waals surface area contributed by atoms with Crippen molar-refractivity contribution in [2.24, 2.45) is 5.73 Å². The number of likely N-dealkylation sites (tertiary alicyclic amines) is 1. The van der Waals surface area contributed by atoms with Crippen LogP contribution in [-0.4, -0.2) is 54.2 Å². The van der Waals surface area contributed by atoms with Crippen LogP contribution in [0.4, 0.5) is 4.39 Å². The summed E-state index contributed by atoms with van der Waals surface area (Å²) in [5.74, 6) is -1.17. The molecule has 3 N–H and O–H groups in total. The van der Waals surface area contributed by atoms with Crippen molar-refractivity contribution in [3.8, 4) is 22.5 Å². The highest BCUT2D eigenvalue weighted by Gasteiger charge is 2.20. The van der Waals surface area contributed by atoms with Gasteiger partial charge in [0, 0.05) is 30.9 Å². The van der Waals surface area contributed by atoms with E-state index in [4.69, 9.17) is 5.73 Å². The maximum atomic E-state index is 15.6. The summed E-state index contributed by atoms with van der Waals surface area (Å²) >= 11 is 0. The van der Waals surface area contributed by atoms with Crippen LogP contribution in [0.5, 0.6) is 0 Å². The van der Waals surface area contributed by atoms with E-state index in [0.29, 0.717) is 17.8 Å². The highest BCUT2D eigenvalue weighted by Crippen LogP contribution is 2.28. The molecule has 9 nitrogen and oxygen atoms in total. The Kier molecular flexibility index (Phi) is 6.71. The average molecular weight is 539 g/mol. The van der Waals surface area contributed by atoms with Crippen LogP contribution in [0.3, 0.4) is 0 Å². The number of aromatic nitrogens is 4. The molecule has 202 valence electrons. The number of rotatable bonds is 6. The molecule has 1 aliphatic heterocycles. The van der Waals surface area contributed by atoms with Crippen molar-refractivity contribution in [2.75, 3.05) is 13.1 Å². The molecule has 1 aliphatic rings. The third-order valence-electron chi connectivity index (χ3n) is 7.36. The largest absolute Gasteiger partial charge is 0.393 e. The topological polar surface area (TPSA) is 119 Å². The molecule has 40 heavy (non-hydrogen) atoms. The fourth-order valence-corrected chi connectivity index (χ4v) is 5.22. The van der Waals surface area contributed by atoms with Gasteiger partial charge in [-0.1, -0.05) is 36.4 Å². The van der Waals surface area contributed by atoms with Gasteiger partial charge in [-0.15, -0.1) is 0 Å². The van der Waals surface area contributed by atoms with Crippen LogP contribution in [0, 0.1) is 5.82 Å². The van der Waals surface area contributed by atoms with Gasteiger partial charge in [0.15, 0.2) is 11.2 Å². The van der Waals surface area contributed by atoms with Crippen molar-refractivity contribution in [3.05, 3.63) is 107 Å². The van der Waals surface area contributed by atoms with Gasteiger partial charge in [0.2, 0.25) is 5.91 Å². The van der Waals surface area contributed by atoms with Gasteiger partial charge in [0.05, 0.1) is 11.8 Å². The first-order chi connectivity index (χ1) is 19.4. The molecule has 6 rings (SSSR count). The lowest BCUT2D eigenvalue weighted by Crippen LogP contribution is -2.35. The Morgan fingerprint density at radius 3 is 2.48 bits per heavy atom. The number of hydrogen-bond donors (Lipinski definition) is 2. The van der Waals surface area contributed by atoms with E-state index in [1.807, 2.05) is 24.3 Å². The van der Waals surface area contributed by atoms with E-state index in [1.165, 1.54) is 23.3 Å².